The molecule has 5 rings (SSSR count). The van der Waals surface area contributed by atoms with Crippen LogP contribution >= 0.6 is 0 Å². The van der Waals surface area contributed by atoms with Crippen LogP contribution in [0, 0.1) is 10.1 Å². The van der Waals surface area contributed by atoms with Crippen molar-refractivity contribution in [3.8, 4) is 0 Å². The largest absolute Gasteiger partial charge is 0.452 e. The van der Waals surface area contributed by atoms with E-state index in [2.05, 4.69) is 25.3 Å². The quantitative estimate of drug-likeness (QED) is 0.416. The average molecular weight is 474 g/mol. The first-order valence-electron chi connectivity index (χ1n) is 10.9. The molecule has 0 saturated carbocycles. The zero-order chi connectivity index (χ0) is 24.2. The molecular formula is C23H22N8O4. The van der Waals surface area contributed by atoms with Crippen LogP contribution < -0.4 is 16.0 Å². The van der Waals surface area contributed by atoms with Crippen LogP contribution in [0.15, 0.2) is 65.7 Å². The van der Waals surface area contributed by atoms with Crippen molar-refractivity contribution in [3.63, 3.8) is 0 Å². The highest BCUT2D eigenvalue weighted by Crippen LogP contribution is 2.29. The highest BCUT2D eigenvalue weighted by atomic mass is 16.6. The fraction of sp³-hybridized carbons (Fsp3) is 0.217. The van der Waals surface area contributed by atoms with Gasteiger partial charge in [0.05, 0.1) is 18.1 Å². The summed E-state index contributed by atoms with van der Waals surface area (Å²) in [6, 6.07) is 16.0. The molecule has 1 fully saturated rings. The van der Waals surface area contributed by atoms with Gasteiger partial charge >= 0.3 is 0 Å². The Balaban J connectivity index is 1.49. The fourth-order valence-electron chi connectivity index (χ4n) is 3.70. The number of hydrogen-bond acceptors (Lipinski definition) is 10. The summed E-state index contributed by atoms with van der Waals surface area (Å²) >= 11 is 0. The van der Waals surface area contributed by atoms with E-state index < -0.39 is 11.0 Å². The number of aliphatic imine (C=N–C) groups is 1. The second kappa shape index (κ2) is 9.73. The predicted octanol–water partition coefficient (Wildman–Crippen LogP) is 2.59. The van der Waals surface area contributed by atoms with E-state index in [-0.39, 0.29) is 23.6 Å². The first-order chi connectivity index (χ1) is 17.0. The van der Waals surface area contributed by atoms with E-state index in [1.807, 2.05) is 41.3 Å². The summed E-state index contributed by atoms with van der Waals surface area (Å²) in [5, 5.41) is 14.2. The number of nitrogen functional groups attached to an aromatic ring is 1. The molecule has 2 aliphatic rings. The van der Waals surface area contributed by atoms with Crippen molar-refractivity contribution >= 4 is 35.3 Å². The van der Waals surface area contributed by atoms with Gasteiger partial charge in [0.2, 0.25) is 11.9 Å². The maximum Gasteiger partial charge on any atom is 0.298 e. The average Bonchev–Trinajstić information content (AvgIpc) is 2.89. The van der Waals surface area contributed by atoms with Gasteiger partial charge in [-0.2, -0.15) is 19.9 Å². The number of nitro benzene ring substituents is 1. The number of anilines is 2. The number of nitrogens with two attached hydrogens (primary N) is 1. The van der Waals surface area contributed by atoms with Crippen LogP contribution in [-0.2, 0) is 9.47 Å². The lowest BCUT2D eigenvalue weighted by Crippen LogP contribution is -2.37. The third-order valence-electron chi connectivity index (χ3n) is 5.44. The zero-order valence-electron chi connectivity index (χ0n) is 18.6. The topological polar surface area (TPSA) is 154 Å². The minimum atomic E-state index is -0.552. The Kier molecular flexibility index (Phi) is 6.18. The monoisotopic (exact) mass is 474 g/mol. The van der Waals surface area contributed by atoms with E-state index in [0.29, 0.717) is 32.3 Å². The summed E-state index contributed by atoms with van der Waals surface area (Å²) in [4.78, 5) is 29.8. The van der Waals surface area contributed by atoms with Gasteiger partial charge in [0.15, 0.2) is 0 Å². The molecule has 3 aromatic rings. The molecular weight excluding hydrogens is 452 g/mol. The molecule has 12 heteroatoms. The summed E-state index contributed by atoms with van der Waals surface area (Å²) in [7, 11) is 0. The number of morpholine rings is 1. The molecule has 12 nitrogen and oxygen atoms in total. The Hall–Kier alpha value is -4.58. The molecule has 1 aromatic heterocycles. The van der Waals surface area contributed by atoms with Gasteiger partial charge in [-0.25, -0.2) is 0 Å². The standard InChI is InChI=1S/C23H22N8O4/c24-20-26-21(28-22(27-20)30-10-12-34-13-11-30)29-23-25-18(15-4-2-1-3-5-15)14-19(35-23)16-6-8-17(9-7-16)31(32)33/h1-9,14,19H,10-13H2,(H3,24,25,26,27,28,29). The molecule has 1 saturated heterocycles. The number of benzene rings is 2. The maximum absolute atomic E-state index is 11.0. The minimum absolute atomic E-state index is 0.000130. The van der Waals surface area contributed by atoms with Crippen molar-refractivity contribution in [3.05, 3.63) is 81.9 Å². The Labute approximate surface area is 200 Å². The van der Waals surface area contributed by atoms with E-state index in [0.717, 1.165) is 16.8 Å². The summed E-state index contributed by atoms with van der Waals surface area (Å²) in [6.07, 6.45) is 1.33. The smallest absolute Gasteiger partial charge is 0.298 e. The Morgan fingerprint density at radius 2 is 1.80 bits per heavy atom. The summed E-state index contributed by atoms with van der Waals surface area (Å²) < 4.78 is 11.5. The maximum atomic E-state index is 11.0. The van der Waals surface area contributed by atoms with Crippen LogP contribution in [0.2, 0.25) is 0 Å². The molecule has 0 bridgehead atoms. The number of nitrogens with one attached hydrogen (secondary N) is 1. The third-order valence-corrected chi connectivity index (χ3v) is 5.44. The van der Waals surface area contributed by atoms with Crippen molar-refractivity contribution in [2.24, 2.45) is 4.99 Å². The molecule has 1 atom stereocenters. The minimum Gasteiger partial charge on any atom is -0.452 e. The van der Waals surface area contributed by atoms with Crippen LogP contribution in [0.1, 0.15) is 17.2 Å². The Bertz CT molecular complexity index is 1270. The van der Waals surface area contributed by atoms with Crippen molar-refractivity contribution in [1.82, 2.24) is 20.3 Å². The predicted molar refractivity (Wildman–Crippen MR) is 129 cm³/mol. The molecule has 178 valence electrons. The first kappa shape index (κ1) is 22.2. The first-order valence-corrected chi connectivity index (χ1v) is 10.9. The fourth-order valence-corrected chi connectivity index (χ4v) is 3.70. The molecule has 2 aromatic carbocycles. The van der Waals surface area contributed by atoms with Crippen LogP contribution in [0.3, 0.4) is 0 Å². The number of non-ortho nitro benzene ring substituents is 1. The van der Waals surface area contributed by atoms with Gasteiger partial charge in [-0.3, -0.25) is 10.1 Å². The van der Waals surface area contributed by atoms with E-state index >= 15 is 0 Å². The van der Waals surface area contributed by atoms with Crippen molar-refractivity contribution in [2.45, 2.75) is 6.10 Å². The second-order valence-corrected chi connectivity index (χ2v) is 7.77. The molecule has 3 heterocycles. The number of nitrogens with zero attached hydrogens (tertiary/aromatic N) is 6. The lowest BCUT2D eigenvalue weighted by molar-refractivity contribution is -0.384. The van der Waals surface area contributed by atoms with Gasteiger partial charge in [0.1, 0.15) is 6.10 Å². The van der Waals surface area contributed by atoms with Crippen LogP contribution in [0.4, 0.5) is 23.5 Å². The normalized spacial score (nSPS) is 19.0. The highest BCUT2D eigenvalue weighted by Gasteiger charge is 2.23. The lowest BCUT2D eigenvalue weighted by Gasteiger charge is -2.27. The third kappa shape index (κ3) is 5.17. The Morgan fingerprint density at radius 1 is 1.06 bits per heavy atom. The molecule has 0 radical (unpaired) electrons. The van der Waals surface area contributed by atoms with Crippen molar-refractivity contribution < 1.29 is 14.4 Å². The van der Waals surface area contributed by atoms with Gasteiger partial charge in [0.25, 0.3) is 17.7 Å². The van der Waals surface area contributed by atoms with E-state index in [4.69, 9.17) is 15.2 Å². The number of hydrogen-bond donors (Lipinski definition) is 2. The molecule has 1 unspecified atom stereocenters. The SMILES string of the molecule is Nc1nc(/N=C2\NC(c3ccccc3)=CC(c3ccc([N+](=O)[O-])cc3)O2)nc(N2CCOCC2)n1. The summed E-state index contributed by atoms with van der Waals surface area (Å²) in [5.41, 5.74) is 8.33. The van der Waals surface area contributed by atoms with Crippen molar-refractivity contribution in [1.29, 1.82) is 0 Å². The van der Waals surface area contributed by atoms with Crippen LogP contribution in [-0.4, -0.2) is 52.2 Å². The number of rotatable bonds is 5. The van der Waals surface area contributed by atoms with Crippen LogP contribution in [0.5, 0.6) is 0 Å². The van der Waals surface area contributed by atoms with Gasteiger partial charge in [-0.05, 0) is 29.3 Å². The number of nitro groups is 1. The number of aromatic nitrogens is 3. The lowest BCUT2D eigenvalue weighted by atomic mass is 10.0. The second-order valence-electron chi connectivity index (χ2n) is 7.77. The number of ether oxygens (including phenoxy) is 2. The van der Waals surface area contributed by atoms with Crippen LogP contribution in [0.25, 0.3) is 5.70 Å². The zero-order valence-corrected chi connectivity index (χ0v) is 18.6. The molecule has 3 N–H and O–H groups in total. The summed E-state index contributed by atoms with van der Waals surface area (Å²) in [5.74, 6) is 0.558. The van der Waals surface area contributed by atoms with E-state index in [1.165, 1.54) is 12.1 Å². The molecule has 0 aliphatic carbocycles. The highest BCUT2D eigenvalue weighted by molar-refractivity contribution is 5.88. The van der Waals surface area contributed by atoms with E-state index in [9.17, 15) is 10.1 Å². The summed E-state index contributed by atoms with van der Waals surface area (Å²) in [6.45, 7) is 2.42. The number of amidine groups is 1. The molecule has 2 aliphatic heterocycles. The van der Waals surface area contributed by atoms with Crippen molar-refractivity contribution in [2.75, 3.05) is 36.9 Å². The van der Waals surface area contributed by atoms with Gasteiger partial charge in [0, 0.05) is 30.9 Å². The van der Waals surface area contributed by atoms with E-state index in [1.54, 1.807) is 12.1 Å². The van der Waals surface area contributed by atoms with Gasteiger partial charge < -0.3 is 25.4 Å². The molecule has 35 heavy (non-hydrogen) atoms. The van der Waals surface area contributed by atoms with Gasteiger partial charge in [-0.1, -0.05) is 30.3 Å². The Morgan fingerprint density at radius 3 is 2.51 bits per heavy atom. The van der Waals surface area contributed by atoms with Gasteiger partial charge in [-0.15, -0.1) is 0 Å². The molecule has 0 spiro atoms. The molecule has 0 amide bonds.